The molecule has 1 heterocycles. The van der Waals surface area contributed by atoms with E-state index in [4.69, 9.17) is 4.74 Å². The Labute approximate surface area is 121 Å². The summed E-state index contributed by atoms with van der Waals surface area (Å²) in [7, 11) is 1.59. The molecule has 1 unspecified atom stereocenters. The van der Waals surface area contributed by atoms with E-state index in [1.165, 1.54) is 0 Å². The van der Waals surface area contributed by atoms with E-state index in [0.717, 1.165) is 15.6 Å². The van der Waals surface area contributed by atoms with E-state index in [9.17, 15) is 5.11 Å². The number of hydrogen-bond acceptors (Lipinski definition) is 3. The van der Waals surface area contributed by atoms with Gasteiger partial charge in [0.15, 0.2) is 0 Å². The number of hydrogen-bond donors (Lipinski definition) is 1. The normalized spacial score (nSPS) is 12.2. The smallest absolute Gasteiger partial charge is 0.212 e. The van der Waals surface area contributed by atoms with Crippen molar-refractivity contribution in [1.82, 2.24) is 4.98 Å². The van der Waals surface area contributed by atoms with Crippen LogP contribution in [-0.2, 0) is 12.8 Å². The van der Waals surface area contributed by atoms with Crippen LogP contribution in [0, 0.1) is 0 Å². The molecule has 0 bridgehead atoms. The second-order valence-corrected chi connectivity index (χ2v) is 5.32. The lowest BCUT2D eigenvalue weighted by Gasteiger charge is -2.11. The summed E-state index contributed by atoms with van der Waals surface area (Å²) in [6.45, 7) is 0. The molecule has 1 atom stereocenters. The van der Waals surface area contributed by atoms with E-state index in [0.29, 0.717) is 18.7 Å². The van der Waals surface area contributed by atoms with Crippen molar-refractivity contribution in [1.29, 1.82) is 0 Å². The Bertz CT molecular complexity index is 528. The Morgan fingerprint density at radius 1 is 1.21 bits per heavy atom. The number of rotatable bonds is 5. The first-order valence-electron chi connectivity index (χ1n) is 6.09. The highest BCUT2D eigenvalue weighted by Crippen LogP contribution is 2.15. The average molecular weight is 322 g/mol. The van der Waals surface area contributed by atoms with Crippen molar-refractivity contribution in [3.05, 3.63) is 58.2 Å². The second kappa shape index (κ2) is 6.68. The van der Waals surface area contributed by atoms with Gasteiger partial charge in [0.2, 0.25) is 5.88 Å². The Hall–Kier alpha value is -1.39. The van der Waals surface area contributed by atoms with Crippen molar-refractivity contribution in [3.63, 3.8) is 0 Å². The van der Waals surface area contributed by atoms with Crippen molar-refractivity contribution in [3.8, 4) is 5.88 Å². The van der Waals surface area contributed by atoms with E-state index in [-0.39, 0.29) is 0 Å². The van der Waals surface area contributed by atoms with Gasteiger partial charge in [0.1, 0.15) is 0 Å². The van der Waals surface area contributed by atoms with Gasteiger partial charge in [-0.3, -0.25) is 0 Å². The summed E-state index contributed by atoms with van der Waals surface area (Å²) >= 11 is 3.43. The van der Waals surface area contributed by atoms with E-state index in [2.05, 4.69) is 20.9 Å². The van der Waals surface area contributed by atoms with Gasteiger partial charge in [-0.2, -0.15) is 0 Å². The zero-order valence-electron chi connectivity index (χ0n) is 10.7. The lowest BCUT2D eigenvalue weighted by Crippen LogP contribution is -2.14. The fourth-order valence-electron chi connectivity index (χ4n) is 1.93. The molecule has 0 aliphatic heterocycles. The summed E-state index contributed by atoms with van der Waals surface area (Å²) < 4.78 is 6.04. The van der Waals surface area contributed by atoms with Crippen LogP contribution >= 0.6 is 15.9 Å². The van der Waals surface area contributed by atoms with Crippen molar-refractivity contribution >= 4 is 15.9 Å². The molecule has 19 heavy (non-hydrogen) atoms. The largest absolute Gasteiger partial charge is 0.481 e. The lowest BCUT2D eigenvalue weighted by atomic mass is 10.0. The molecular weight excluding hydrogens is 306 g/mol. The number of methoxy groups -OCH3 is 1. The van der Waals surface area contributed by atoms with Crippen LogP contribution in [0.4, 0.5) is 0 Å². The number of halogens is 1. The Morgan fingerprint density at radius 2 is 2.00 bits per heavy atom. The molecule has 1 aromatic carbocycles. The van der Waals surface area contributed by atoms with Gasteiger partial charge in [-0.25, -0.2) is 4.98 Å². The van der Waals surface area contributed by atoms with Crippen LogP contribution in [0.15, 0.2) is 47.1 Å². The first-order chi connectivity index (χ1) is 9.17. The monoisotopic (exact) mass is 321 g/mol. The molecule has 0 radical (unpaired) electrons. The molecule has 100 valence electrons. The Balaban J connectivity index is 1.95. The van der Waals surface area contributed by atoms with Crippen LogP contribution in [0.25, 0.3) is 0 Å². The zero-order valence-corrected chi connectivity index (χ0v) is 12.3. The minimum atomic E-state index is -0.413. The predicted octanol–water partition coefficient (Wildman–Crippen LogP) is 3.00. The SMILES string of the molecule is COc1ccc(CC(O)Cc2cccc(Br)c2)cn1. The number of ether oxygens (including phenoxy) is 1. The van der Waals surface area contributed by atoms with E-state index < -0.39 is 6.10 Å². The van der Waals surface area contributed by atoms with Crippen LogP contribution in [0.1, 0.15) is 11.1 Å². The van der Waals surface area contributed by atoms with Gasteiger partial charge in [0.25, 0.3) is 0 Å². The summed E-state index contributed by atoms with van der Waals surface area (Å²) in [4.78, 5) is 4.13. The standard InChI is InChI=1S/C15H16BrNO2/c1-19-15-6-5-12(10-17-15)9-14(18)8-11-3-2-4-13(16)7-11/h2-7,10,14,18H,8-9H2,1H3. The van der Waals surface area contributed by atoms with Crippen LogP contribution in [0.5, 0.6) is 5.88 Å². The highest BCUT2D eigenvalue weighted by atomic mass is 79.9. The maximum absolute atomic E-state index is 10.1. The first kappa shape index (κ1) is 14.0. The number of nitrogens with zero attached hydrogens (tertiary/aromatic N) is 1. The van der Waals surface area contributed by atoms with Gasteiger partial charge in [-0.15, -0.1) is 0 Å². The number of aromatic nitrogens is 1. The number of aliphatic hydroxyl groups excluding tert-OH is 1. The zero-order chi connectivity index (χ0) is 13.7. The third kappa shape index (κ3) is 4.33. The summed E-state index contributed by atoms with van der Waals surface area (Å²) in [6, 6.07) is 11.7. The number of pyridine rings is 1. The predicted molar refractivity (Wildman–Crippen MR) is 78.3 cm³/mol. The molecule has 2 rings (SSSR count). The third-order valence-electron chi connectivity index (χ3n) is 2.84. The molecule has 4 heteroatoms. The maximum Gasteiger partial charge on any atom is 0.212 e. The van der Waals surface area contributed by atoms with Crippen molar-refractivity contribution in [2.24, 2.45) is 0 Å². The molecule has 1 aromatic heterocycles. The average Bonchev–Trinajstić information content (AvgIpc) is 2.39. The summed E-state index contributed by atoms with van der Waals surface area (Å²) in [6.07, 6.45) is 2.54. The molecule has 0 spiro atoms. The molecule has 3 nitrogen and oxygen atoms in total. The summed E-state index contributed by atoms with van der Waals surface area (Å²) in [5, 5.41) is 10.1. The molecule has 0 aliphatic rings. The van der Waals surface area contributed by atoms with Crippen LogP contribution in [0.3, 0.4) is 0 Å². The summed E-state index contributed by atoms with van der Waals surface area (Å²) in [5.41, 5.74) is 2.12. The van der Waals surface area contributed by atoms with Crippen LogP contribution < -0.4 is 4.74 Å². The molecule has 1 N–H and O–H groups in total. The quantitative estimate of drug-likeness (QED) is 0.920. The van der Waals surface area contributed by atoms with Crippen molar-refractivity contribution in [2.45, 2.75) is 18.9 Å². The third-order valence-corrected chi connectivity index (χ3v) is 3.33. The number of benzene rings is 1. The fourth-order valence-corrected chi connectivity index (χ4v) is 2.38. The number of aliphatic hydroxyl groups is 1. The molecule has 0 amide bonds. The van der Waals surface area contributed by atoms with Gasteiger partial charge in [-0.1, -0.05) is 34.1 Å². The summed E-state index contributed by atoms with van der Waals surface area (Å²) in [5.74, 6) is 0.588. The molecule has 2 aromatic rings. The van der Waals surface area contributed by atoms with E-state index >= 15 is 0 Å². The van der Waals surface area contributed by atoms with Gasteiger partial charge < -0.3 is 9.84 Å². The van der Waals surface area contributed by atoms with Crippen LogP contribution in [0.2, 0.25) is 0 Å². The van der Waals surface area contributed by atoms with Crippen molar-refractivity contribution < 1.29 is 9.84 Å². The fraction of sp³-hybridized carbons (Fsp3) is 0.267. The minimum absolute atomic E-state index is 0.413. The molecule has 0 aliphatic carbocycles. The second-order valence-electron chi connectivity index (χ2n) is 4.40. The molecular formula is C15H16BrNO2. The lowest BCUT2D eigenvalue weighted by molar-refractivity contribution is 0.175. The minimum Gasteiger partial charge on any atom is -0.481 e. The Morgan fingerprint density at radius 3 is 2.63 bits per heavy atom. The van der Waals surface area contributed by atoms with Crippen LogP contribution in [-0.4, -0.2) is 23.3 Å². The topological polar surface area (TPSA) is 42.4 Å². The highest BCUT2D eigenvalue weighted by Gasteiger charge is 2.08. The molecule has 0 saturated carbocycles. The first-order valence-corrected chi connectivity index (χ1v) is 6.88. The van der Waals surface area contributed by atoms with Gasteiger partial charge >= 0.3 is 0 Å². The van der Waals surface area contributed by atoms with Crippen molar-refractivity contribution in [2.75, 3.05) is 7.11 Å². The van der Waals surface area contributed by atoms with Gasteiger partial charge in [-0.05, 0) is 29.7 Å². The maximum atomic E-state index is 10.1. The molecule has 0 fully saturated rings. The van der Waals surface area contributed by atoms with E-state index in [1.54, 1.807) is 19.4 Å². The van der Waals surface area contributed by atoms with Gasteiger partial charge in [0, 0.05) is 23.2 Å². The highest BCUT2D eigenvalue weighted by molar-refractivity contribution is 9.10. The Kier molecular flexibility index (Phi) is 4.93. The van der Waals surface area contributed by atoms with Gasteiger partial charge in [0.05, 0.1) is 13.2 Å². The molecule has 0 saturated heterocycles. The van der Waals surface area contributed by atoms with E-state index in [1.807, 2.05) is 30.3 Å².